The van der Waals surface area contributed by atoms with Crippen molar-refractivity contribution in [2.45, 2.75) is 0 Å². The topological polar surface area (TPSA) is 148 Å². The Bertz CT molecular complexity index is 1120. The summed E-state index contributed by atoms with van der Waals surface area (Å²) in [4.78, 5) is 33.1. The second-order valence-corrected chi connectivity index (χ2v) is 5.83. The first-order chi connectivity index (χ1) is 13.9. The molecule has 0 aliphatic heterocycles. The van der Waals surface area contributed by atoms with Gasteiger partial charge in [-0.1, -0.05) is 30.3 Å². The molecule has 0 spiro atoms. The lowest BCUT2D eigenvalue weighted by Crippen LogP contribution is -2.07. The van der Waals surface area contributed by atoms with Crippen LogP contribution in [-0.4, -0.2) is 20.9 Å². The maximum atomic E-state index is 11.7. The summed E-state index contributed by atoms with van der Waals surface area (Å²) in [6, 6.07) is 15.9. The first-order valence-electron chi connectivity index (χ1n) is 8.25. The Kier molecular flexibility index (Phi) is 5.35. The molecule has 0 aromatic heterocycles. The van der Waals surface area contributed by atoms with Crippen molar-refractivity contribution in [3.05, 3.63) is 92.5 Å². The lowest BCUT2D eigenvalue weighted by molar-refractivity contribution is -0.384. The number of benzene rings is 3. The van der Waals surface area contributed by atoms with E-state index in [0.717, 1.165) is 0 Å². The molecule has 3 aromatic rings. The van der Waals surface area contributed by atoms with Gasteiger partial charge < -0.3 is 15.7 Å². The van der Waals surface area contributed by atoms with Gasteiger partial charge in [0, 0.05) is 12.1 Å². The van der Waals surface area contributed by atoms with Crippen LogP contribution in [0.3, 0.4) is 0 Å². The van der Waals surface area contributed by atoms with E-state index in [0.29, 0.717) is 0 Å². The molecule has 0 heterocycles. The van der Waals surface area contributed by atoms with E-state index in [-0.39, 0.29) is 39.7 Å². The third kappa shape index (κ3) is 4.11. The number of carboxylic acids is 1. The predicted octanol–water partition coefficient (Wildman–Crippen LogP) is 4.69. The normalized spacial score (nSPS) is 10.2. The number of nitro benzene ring substituents is 2. The Balaban J connectivity index is 2.11. The summed E-state index contributed by atoms with van der Waals surface area (Å²) in [6.07, 6.45) is 0. The van der Waals surface area contributed by atoms with Crippen molar-refractivity contribution < 1.29 is 19.7 Å². The van der Waals surface area contributed by atoms with Crippen LogP contribution < -0.4 is 10.6 Å². The second kappa shape index (κ2) is 8.05. The number of carboxylic acid groups (broad SMARTS) is 1. The van der Waals surface area contributed by atoms with Crippen LogP contribution in [0, 0.1) is 20.2 Å². The highest BCUT2D eigenvalue weighted by molar-refractivity contribution is 6.00. The molecule has 0 saturated carbocycles. The summed E-state index contributed by atoms with van der Waals surface area (Å²) >= 11 is 0. The zero-order valence-corrected chi connectivity index (χ0v) is 14.7. The van der Waals surface area contributed by atoms with Crippen molar-refractivity contribution in [3.63, 3.8) is 0 Å². The SMILES string of the molecule is O=C(O)c1cccc(Nc2ccccc2[N+](=O)[O-])c1Nc1ccccc1[N+](=O)[O-]. The van der Waals surface area contributed by atoms with Gasteiger partial charge in [0.1, 0.15) is 11.4 Å². The first kappa shape index (κ1) is 19.3. The van der Waals surface area contributed by atoms with Crippen molar-refractivity contribution in [1.29, 1.82) is 0 Å². The van der Waals surface area contributed by atoms with Gasteiger partial charge in [0.05, 0.1) is 26.8 Å². The molecule has 0 radical (unpaired) electrons. The fourth-order valence-corrected chi connectivity index (χ4v) is 2.73. The summed E-state index contributed by atoms with van der Waals surface area (Å²) in [5.41, 5.74) is -0.145. The number of aromatic carboxylic acids is 1. The smallest absolute Gasteiger partial charge is 0.337 e. The molecule has 0 bridgehead atoms. The van der Waals surface area contributed by atoms with Crippen LogP contribution in [-0.2, 0) is 0 Å². The van der Waals surface area contributed by atoms with Crippen molar-refractivity contribution in [2.75, 3.05) is 10.6 Å². The zero-order chi connectivity index (χ0) is 21.0. The van der Waals surface area contributed by atoms with E-state index >= 15 is 0 Å². The van der Waals surface area contributed by atoms with E-state index in [2.05, 4.69) is 10.6 Å². The van der Waals surface area contributed by atoms with Crippen LogP contribution in [0.1, 0.15) is 10.4 Å². The molecule has 3 N–H and O–H groups in total. The summed E-state index contributed by atoms with van der Waals surface area (Å²) < 4.78 is 0. The summed E-state index contributed by atoms with van der Waals surface area (Å²) in [7, 11) is 0. The highest BCUT2D eigenvalue weighted by Crippen LogP contribution is 2.36. The van der Waals surface area contributed by atoms with E-state index in [1.54, 1.807) is 12.1 Å². The molecule has 3 rings (SSSR count). The molecule has 3 aromatic carbocycles. The fourth-order valence-electron chi connectivity index (χ4n) is 2.73. The van der Waals surface area contributed by atoms with E-state index < -0.39 is 15.8 Å². The monoisotopic (exact) mass is 394 g/mol. The van der Waals surface area contributed by atoms with E-state index in [1.807, 2.05) is 0 Å². The largest absolute Gasteiger partial charge is 0.478 e. The predicted molar refractivity (Wildman–Crippen MR) is 106 cm³/mol. The Morgan fingerprint density at radius 1 is 0.724 bits per heavy atom. The molecule has 146 valence electrons. The van der Waals surface area contributed by atoms with Gasteiger partial charge >= 0.3 is 5.97 Å². The van der Waals surface area contributed by atoms with Gasteiger partial charge in [-0.2, -0.15) is 0 Å². The van der Waals surface area contributed by atoms with Crippen LogP contribution in [0.4, 0.5) is 34.1 Å². The number of carbonyl (C=O) groups is 1. The maximum Gasteiger partial charge on any atom is 0.337 e. The third-order valence-electron chi connectivity index (χ3n) is 4.03. The lowest BCUT2D eigenvalue weighted by Gasteiger charge is -2.16. The number of nitrogens with zero attached hydrogens (tertiary/aromatic N) is 2. The Labute approximate surface area is 163 Å². The van der Waals surface area contributed by atoms with E-state index in [4.69, 9.17) is 0 Å². The average molecular weight is 394 g/mol. The van der Waals surface area contributed by atoms with Crippen molar-refractivity contribution in [3.8, 4) is 0 Å². The molecule has 0 amide bonds. The summed E-state index contributed by atoms with van der Waals surface area (Å²) in [5.74, 6) is -1.27. The fraction of sp³-hybridized carbons (Fsp3) is 0. The Hall–Kier alpha value is -4.47. The van der Waals surface area contributed by atoms with Crippen molar-refractivity contribution >= 4 is 40.1 Å². The third-order valence-corrected chi connectivity index (χ3v) is 4.03. The van der Waals surface area contributed by atoms with Gasteiger partial charge in [0.15, 0.2) is 0 Å². The second-order valence-electron chi connectivity index (χ2n) is 5.83. The molecular formula is C19H14N4O6. The Morgan fingerprint density at radius 3 is 1.72 bits per heavy atom. The average Bonchev–Trinajstić information content (AvgIpc) is 2.69. The van der Waals surface area contributed by atoms with Crippen LogP contribution in [0.2, 0.25) is 0 Å². The molecule has 0 saturated heterocycles. The van der Waals surface area contributed by atoms with Gasteiger partial charge in [-0.25, -0.2) is 4.79 Å². The van der Waals surface area contributed by atoms with Crippen LogP contribution in [0.5, 0.6) is 0 Å². The lowest BCUT2D eigenvalue weighted by atomic mass is 10.1. The van der Waals surface area contributed by atoms with Crippen molar-refractivity contribution in [2.24, 2.45) is 0 Å². The van der Waals surface area contributed by atoms with E-state index in [1.165, 1.54) is 54.6 Å². The number of rotatable bonds is 7. The standard InChI is InChI=1S/C19H14N4O6/c24-19(25)12-6-5-9-15(20-13-7-1-3-10-16(13)22(26)27)18(12)21-14-8-2-4-11-17(14)23(28)29/h1-11,20-21H,(H,24,25). The van der Waals surface area contributed by atoms with Gasteiger partial charge in [-0.05, 0) is 24.3 Å². The summed E-state index contributed by atoms with van der Waals surface area (Å²) in [6.45, 7) is 0. The van der Waals surface area contributed by atoms with Gasteiger partial charge in [-0.15, -0.1) is 0 Å². The molecule has 29 heavy (non-hydrogen) atoms. The van der Waals surface area contributed by atoms with Gasteiger partial charge in [-0.3, -0.25) is 20.2 Å². The van der Waals surface area contributed by atoms with Gasteiger partial charge in [0.2, 0.25) is 0 Å². The number of hydrogen-bond acceptors (Lipinski definition) is 7. The maximum absolute atomic E-state index is 11.7. The molecule has 0 fully saturated rings. The minimum absolute atomic E-state index is 0.0347. The molecule has 0 aliphatic rings. The molecule has 10 nitrogen and oxygen atoms in total. The summed E-state index contributed by atoms with van der Waals surface area (Å²) in [5, 5.41) is 37.7. The zero-order valence-electron chi connectivity index (χ0n) is 14.7. The Morgan fingerprint density at radius 2 is 1.21 bits per heavy atom. The number of para-hydroxylation sites is 5. The number of nitro groups is 2. The minimum Gasteiger partial charge on any atom is -0.478 e. The minimum atomic E-state index is -1.27. The van der Waals surface area contributed by atoms with Crippen molar-refractivity contribution in [1.82, 2.24) is 0 Å². The number of anilines is 4. The quantitative estimate of drug-likeness (QED) is 0.386. The van der Waals surface area contributed by atoms with Crippen LogP contribution in [0.15, 0.2) is 66.7 Å². The van der Waals surface area contributed by atoms with Crippen LogP contribution >= 0.6 is 0 Å². The first-order valence-corrected chi connectivity index (χ1v) is 8.25. The molecule has 0 atom stereocenters. The number of hydrogen-bond donors (Lipinski definition) is 3. The van der Waals surface area contributed by atoms with Crippen LogP contribution in [0.25, 0.3) is 0 Å². The molecule has 0 unspecified atom stereocenters. The van der Waals surface area contributed by atoms with E-state index in [9.17, 15) is 30.1 Å². The highest BCUT2D eigenvalue weighted by atomic mass is 16.6. The number of nitrogens with one attached hydrogen (secondary N) is 2. The van der Waals surface area contributed by atoms with Gasteiger partial charge in [0.25, 0.3) is 11.4 Å². The highest BCUT2D eigenvalue weighted by Gasteiger charge is 2.20. The molecule has 0 aliphatic carbocycles. The molecule has 10 heteroatoms. The molecular weight excluding hydrogens is 380 g/mol.